The van der Waals surface area contributed by atoms with Gasteiger partial charge in [-0.2, -0.15) is 0 Å². The Kier molecular flexibility index (Phi) is 12.3. The van der Waals surface area contributed by atoms with Crippen LogP contribution in [0.25, 0.3) is 0 Å². The number of ether oxygens (including phenoxy) is 2. The number of hydrogen-bond donors (Lipinski definition) is 0. The van der Waals surface area contributed by atoms with Crippen LogP contribution >= 0.6 is 0 Å². The molecule has 0 aliphatic heterocycles. The van der Waals surface area contributed by atoms with Crippen molar-refractivity contribution in [2.75, 3.05) is 6.61 Å². The molecule has 4 nitrogen and oxygen atoms in total. The molecule has 0 saturated heterocycles. The van der Waals surface area contributed by atoms with Gasteiger partial charge in [0.05, 0.1) is 18.4 Å². The third kappa shape index (κ3) is 13.7. The minimum Gasteiger partial charge on any atom is -0.465 e. The molecule has 0 fully saturated rings. The average Bonchev–Trinajstić information content (AvgIpc) is 2.35. The van der Waals surface area contributed by atoms with E-state index in [4.69, 9.17) is 9.47 Å². The molecular formula is C17H34O4. The number of carbonyl (C=O) groups is 2. The lowest BCUT2D eigenvalue weighted by Crippen LogP contribution is -2.23. The second-order valence-electron chi connectivity index (χ2n) is 6.72. The van der Waals surface area contributed by atoms with Crippen LogP contribution in [0.2, 0.25) is 0 Å². The van der Waals surface area contributed by atoms with Crippen molar-refractivity contribution in [2.45, 2.75) is 68.4 Å². The van der Waals surface area contributed by atoms with Crippen LogP contribution in [0.5, 0.6) is 0 Å². The van der Waals surface area contributed by atoms with Crippen LogP contribution in [0.1, 0.15) is 62.3 Å². The molecule has 0 aromatic carbocycles. The zero-order valence-corrected chi connectivity index (χ0v) is 15.2. The van der Waals surface area contributed by atoms with Crippen molar-refractivity contribution >= 4 is 11.9 Å². The smallest absolute Gasteiger partial charge is 0.308 e. The molecule has 0 rings (SSSR count). The van der Waals surface area contributed by atoms with E-state index in [1.807, 2.05) is 62.3 Å². The quantitative estimate of drug-likeness (QED) is 0.694. The van der Waals surface area contributed by atoms with Crippen molar-refractivity contribution in [3.05, 3.63) is 0 Å². The lowest BCUT2D eigenvalue weighted by Gasteiger charge is -2.17. The number of hydrogen-bond acceptors (Lipinski definition) is 4. The number of carbonyl (C=O) groups excluding carboxylic acids is 2. The SMILES string of the molecule is CC(C)C(=O)OC(C)C(C)C.CC(C)COC(=O)C(C)C. The van der Waals surface area contributed by atoms with Crippen molar-refractivity contribution in [2.24, 2.45) is 23.7 Å². The summed E-state index contributed by atoms with van der Waals surface area (Å²) < 4.78 is 10.1. The number of rotatable bonds is 6. The van der Waals surface area contributed by atoms with E-state index >= 15 is 0 Å². The lowest BCUT2D eigenvalue weighted by atomic mass is 10.1. The first-order valence-corrected chi connectivity index (χ1v) is 7.86. The molecular weight excluding hydrogens is 268 g/mol. The van der Waals surface area contributed by atoms with Gasteiger partial charge in [0.1, 0.15) is 6.10 Å². The summed E-state index contributed by atoms with van der Waals surface area (Å²) in [6.45, 7) is 17.9. The Morgan fingerprint density at radius 3 is 1.48 bits per heavy atom. The summed E-state index contributed by atoms with van der Waals surface area (Å²) in [6.07, 6.45) is 0.0323. The first-order valence-electron chi connectivity index (χ1n) is 7.86. The topological polar surface area (TPSA) is 52.6 Å². The van der Waals surface area contributed by atoms with Crippen LogP contribution in [-0.4, -0.2) is 24.6 Å². The highest BCUT2D eigenvalue weighted by atomic mass is 16.5. The average molecular weight is 302 g/mol. The standard InChI is InChI=1S/C9H18O2.C8H16O2/c1-6(2)8(5)11-9(10)7(3)4;1-6(2)5-10-8(9)7(3)4/h6-8H,1-5H3;6-7H,5H2,1-4H3. The fourth-order valence-corrected chi connectivity index (χ4v) is 0.871. The Morgan fingerprint density at radius 1 is 0.762 bits per heavy atom. The third-order valence-corrected chi connectivity index (χ3v) is 2.74. The van der Waals surface area contributed by atoms with Crippen molar-refractivity contribution in [1.29, 1.82) is 0 Å². The highest BCUT2D eigenvalue weighted by Crippen LogP contribution is 2.08. The number of esters is 2. The third-order valence-electron chi connectivity index (χ3n) is 2.74. The van der Waals surface area contributed by atoms with Crippen LogP contribution in [0.3, 0.4) is 0 Å². The van der Waals surface area contributed by atoms with Gasteiger partial charge in [0.25, 0.3) is 0 Å². The highest BCUT2D eigenvalue weighted by Gasteiger charge is 2.15. The van der Waals surface area contributed by atoms with Crippen molar-refractivity contribution in [3.63, 3.8) is 0 Å². The molecule has 1 atom stereocenters. The molecule has 0 amide bonds. The summed E-state index contributed by atoms with van der Waals surface area (Å²) in [5.41, 5.74) is 0. The molecule has 0 aromatic heterocycles. The van der Waals surface area contributed by atoms with Crippen molar-refractivity contribution in [3.8, 4) is 0 Å². The first-order chi connectivity index (χ1) is 9.48. The van der Waals surface area contributed by atoms with Crippen molar-refractivity contribution < 1.29 is 19.1 Å². The van der Waals surface area contributed by atoms with Gasteiger partial charge in [0.15, 0.2) is 0 Å². The van der Waals surface area contributed by atoms with Crippen LogP contribution in [0, 0.1) is 23.7 Å². The lowest BCUT2D eigenvalue weighted by molar-refractivity contribution is -0.154. The van der Waals surface area contributed by atoms with Gasteiger partial charge in [-0.05, 0) is 18.8 Å². The fraction of sp³-hybridized carbons (Fsp3) is 0.882. The van der Waals surface area contributed by atoms with Crippen LogP contribution in [-0.2, 0) is 19.1 Å². The predicted molar refractivity (Wildman–Crippen MR) is 85.9 cm³/mol. The minimum absolute atomic E-state index is 0.00116. The van der Waals surface area contributed by atoms with Crippen LogP contribution in [0.4, 0.5) is 0 Å². The summed E-state index contributed by atoms with van der Waals surface area (Å²) in [5, 5.41) is 0. The summed E-state index contributed by atoms with van der Waals surface area (Å²) in [4.78, 5) is 21.9. The van der Waals surface area contributed by atoms with Crippen LogP contribution < -0.4 is 0 Å². The zero-order chi connectivity index (χ0) is 17.2. The van der Waals surface area contributed by atoms with E-state index < -0.39 is 0 Å². The molecule has 1 unspecified atom stereocenters. The van der Waals surface area contributed by atoms with Crippen LogP contribution in [0.15, 0.2) is 0 Å². The normalized spacial score (nSPS) is 12.2. The Bertz CT molecular complexity index is 293. The molecule has 0 spiro atoms. The molecule has 4 heteroatoms. The molecule has 0 aliphatic rings. The van der Waals surface area contributed by atoms with E-state index in [0.717, 1.165) is 0 Å². The fourth-order valence-electron chi connectivity index (χ4n) is 0.871. The molecule has 126 valence electrons. The maximum absolute atomic E-state index is 11.0. The Labute approximate surface area is 130 Å². The molecule has 0 heterocycles. The minimum atomic E-state index is -0.105. The second kappa shape index (κ2) is 11.6. The maximum Gasteiger partial charge on any atom is 0.308 e. The predicted octanol–water partition coefficient (Wildman–Crippen LogP) is 4.07. The van der Waals surface area contributed by atoms with Crippen molar-refractivity contribution in [1.82, 2.24) is 0 Å². The van der Waals surface area contributed by atoms with Gasteiger partial charge in [-0.3, -0.25) is 9.59 Å². The summed E-state index contributed by atoms with van der Waals surface area (Å²) >= 11 is 0. The maximum atomic E-state index is 11.0. The largest absolute Gasteiger partial charge is 0.465 e. The van der Waals surface area contributed by atoms with Gasteiger partial charge < -0.3 is 9.47 Å². The molecule has 0 N–H and O–H groups in total. The van der Waals surface area contributed by atoms with E-state index in [9.17, 15) is 9.59 Å². The monoisotopic (exact) mass is 302 g/mol. The Morgan fingerprint density at radius 2 is 1.19 bits per heavy atom. The Hall–Kier alpha value is -1.06. The van der Waals surface area contributed by atoms with Gasteiger partial charge in [-0.15, -0.1) is 0 Å². The van der Waals surface area contributed by atoms with Gasteiger partial charge in [-0.25, -0.2) is 0 Å². The molecule has 0 aromatic rings. The van der Waals surface area contributed by atoms with Gasteiger partial charge >= 0.3 is 11.9 Å². The molecule has 21 heavy (non-hydrogen) atoms. The van der Waals surface area contributed by atoms with Gasteiger partial charge in [0, 0.05) is 0 Å². The van der Waals surface area contributed by atoms with E-state index in [1.54, 1.807) is 0 Å². The molecule has 0 saturated carbocycles. The van der Waals surface area contributed by atoms with E-state index in [0.29, 0.717) is 18.4 Å². The molecule has 0 radical (unpaired) electrons. The molecule has 0 bridgehead atoms. The summed E-state index contributed by atoms with van der Waals surface area (Å²) in [5.74, 6) is 0.607. The summed E-state index contributed by atoms with van der Waals surface area (Å²) in [7, 11) is 0. The summed E-state index contributed by atoms with van der Waals surface area (Å²) in [6, 6.07) is 0. The first kappa shape index (κ1) is 22.2. The molecule has 0 aliphatic carbocycles. The highest BCUT2D eigenvalue weighted by molar-refractivity contribution is 5.71. The zero-order valence-electron chi connectivity index (χ0n) is 15.2. The van der Waals surface area contributed by atoms with Gasteiger partial charge in [0.2, 0.25) is 0 Å². The van der Waals surface area contributed by atoms with E-state index in [2.05, 4.69) is 0 Å². The Balaban J connectivity index is 0. The second-order valence-corrected chi connectivity index (χ2v) is 6.72. The van der Waals surface area contributed by atoms with E-state index in [1.165, 1.54) is 0 Å². The van der Waals surface area contributed by atoms with Gasteiger partial charge in [-0.1, -0.05) is 55.4 Å². The van der Waals surface area contributed by atoms with E-state index in [-0.39, 0.29) is 29.9 Å².